The van der Waals surface area contributed by atoms with Crippen molar-refractivity contribution in [2.45, 2.75) is 65.4 Å². The largest absolute Gasteiger partial charge is 0.492 e. The van der Waals surface area contributed by atoms with Crippen molar-refractivity contribution in [3.05, 3.63) is 29.3 Å². The first-order valence-corrected chi connectivity index (χ1v) is 10.2. The lowest BCUT2D eigenvalue weighted by molar-refractivity contribution is 0.0139. The van der Waals surface area contributed by atoms with E-state index >= 15 is 0 Å². The van der Waals surface area contributed by atoms with E-state index in [1.807, 2.05) is 32.9 Å². The number of carbonyl (C=O) groups is 2. The van der Waals surface area contributed by atoms with Gasteiger partial charge in [0, 0.05) is 19.0 Å². The zero-order chi connectivity index (χ0) is 21.8. The molecule has 1 aliphatic rings. The van der Waals surface area contributed by atoms with E-state index in [4.69, 9.17) is 14.2 Å². The van der Waals surface area contributed by atoms with Crippen molar-refractivity contribution in [1.82, 2.24) is 4.90 Å². The van der Waals surface area contributed by atoms with E-state index in [9.17, 15) is 9.59 Å². The molecule has 6 nitrogen and oxygen atoms in total. The minimum atomic E-state index is -0.511. The van der Waals surface area contributed by atoms with Gasteiger partial charge >= 0.3 is 12.1 Å². The predicted octanol–water partition coefficient (Wildman–Crippen LogP) is 4.80. The average Bonchev–Trinajstić information content (AvgIpc) is 2.63. The average molecular weight is 406 g/mol. The molecule has 1 fully saturated rings. The Balaban J connectivity index is 2.09. The van der Waals surface area contributed by atoms with Gasteiger partial charge < -0.3 is 19.1 Å². The van der Waals surface area contributed by atoms with Crippen LogP contribution in [0.3, 0.4) is 0 Å². The first-order chi connectivity index (χ1) is 13.4. The summed E-state index contributed by atoms with van der Waals surface area (Å²) < 4.78 is 16.5. The second kappa shape index (κ2) is 9.06. The first-order valence-electron chi connectivity index (χ1n) is 10.2. The Bertz CT molecular complexity index is 730. The number of hydrogen-bond acceptors (Lipinski definition) is 5. The predicted molar refractivity (Wildman–Crippen MR) is 113 cm³/mol. The molecule has 1 saturated heterocycles. The van der Waals surface area contributed by atoms with Crippen LogP contribution in [0.5, 0.6) is 5.75 Å². The maximum atomic E-state index is 12.4. The van der Waals surface area contributed by atoms with E-state index in [0.29, 0.717) is 31.0 Å². The number of ether oxygens (including phenoxy) is 3. The molecule has 0 aliphatic carbocycles. The molecular weight excluding hydrogens is 370 g/mol. The number of likely N-dealkylation sites (tertiary alicyclic amines) is 1. The summed E-state index contributed by atoms with van der Waals surface area (Å²) in [5.41, 5.74) is 0.925. The number of nitrogens with zero attached hydrogens (tertiary/aromatic N) is 1. The van der Waals surface area contributed by atoms with Gasteiger partial charge in [0.2, 0.25) is 0 Å². The quantitative estimate of drug-likeness (QED) is 0.674. The molecule has 0 N–H and O–H groups in total. The van der Waals surface area contributed by atoms with Crippen LogP contribution in [-0.4, -0.2) is 49.4 Å². The highest BCUT2D eigenvalue weighted by Gasteiger charge is 2.28. The molecule has 1 aliphatic heterocycles. The van der Waals surface area contributed by atoms with Gasteiger partial charge in [0.25, 0.3) is 0 Å². The van der Waals surface area contributed by atoms with Gasteiger partial charge in [0.1, 0.15) is 16.9 Å². The number of hydrogen-bond donors (Lipinski definition) is 0. The van der Waals surface area contributed by atoms with Crippen molar-refractivity contribution in [2.75, 3.05) is 26.8 Å². The van der Waals surface area contributed by atoms with Crippen LogP contribution in [0.15, 0.2) is 18.2 Å². The van der Waals surface area contributed by atoms with Crippen LogP contribution in [0.4, 0.5) is 4.79 Å². The van der Waals surface area contributed by atoms with E-state index in [-0.39, 0.29) is 17.4 Å². The minimum Gasteiger partial charge on any atom is -0.492 e. The smallest absolute Gasteiger partial charge is 0.410 e. The molecule has 162 valence electrons. The van der Waals surface area contributed by atoms with Crippen molar-refractivity contribution in [1.29, 1.82) is 0 Å². The van der Waals surface area contributed by atoms with E-state index in [1.54, 1.807) is 11.0 Å². The zero-order valence-corrected chi connectivity index (χ0v) is 18.8. The first kappa shape index (κ1) is 23.0. The molecule has 0 aromatic heterocycles. The highest BCUT2D eigenvalue weighted by atomic mass is 16.6. The van der Waals surface area contributed by atoms with E-state index in [1.165, 1.54) is 7.11 Å². The van der Waals surface area contributed by atoms with Gasteiger partial charge in [0.15, 0.2) is 0 Å². The molecule has 1 atom stereocenters. The lowest BCUT2D eigenvalue weighted by atomic mass is 9.86. The molecule has 0 saturated carbocycles. The Morgan fingerprint density at radius 2 is 1.83 bits per heavy atom. The van der Waals surface area contributed by atoms with Gasteiger partial charge in [-0.15, -0.1) is 0 Å². The van der Waals surface area contributed by atoms with Gasteiger partial charge in [0.05, 0.1) is 13.7 Å². The molecule has 0 bridgehead atoms. The number of rotatable bonds is 4. The van der Waals surface area contributed by atoms with Crippen LogP contribution in [-0.2, 0) is 14.9 Å². The van der Waals surface area contributed by atoms with E-state index in [0.717, 1.165) is 18.4 Å². The van der Waals surface area contributed by atoms with Crippen molar-refractivity contribution in [3.8, 4) is 5.75 Å². The Morgan fingerprint density at radius 1 is 1.14 bits per heavy atom. The van der Waals surface area contributed by atoms with Crippen LogP contribution in [0.25, 0.3) is 0 Å². The SMILES string of the molecule is COC(=O)c1ccc(C(C)(C)C)cc1OCC1CCCN(C(=O)OC(C)(C)C)C1. The fraction of sp³-hybridized carbons (Fsp3) is 0.652. The number of carbonyl (C=O) groups excluding carboxylic acids is 2. The Labute approximate surface area is 174 Å². The topological polar surface area (TPSA) is 65.1 Å². The van der Waals surface area contributed by atoms with Crippen LogP contribution < -0.4 is 4.74 Å². The highest BCUT2D eigenvalue weighted by molar-refractivity contribution is 5.92. The van der Waals surface area contributed by atoms with Crippen molar-refractivity contribution in [2.24, 2.45) is 5.92 Å². The Hall–Kier alpha value is -2.24. The normalized spacial score (nSPS) is 17.6. The zero-order valence-electron chi connectivity index (χ0n) is 18.8. The monoisotopic (exact) mass is 405 g/mol. The van der Waals surface area contributed by atoms with Crippen LogP contribution in [0.1, 0.15) is 70.3 Å². The second-order valence-corrected chi connectivity index (χ2v) is 9.70. The summed E-state index contributed by atoms with van der Waals surface area (Å²) in [6.07, 6.45) is 1.58. The molecule has 1 amide bonds. The van der Waals surface area contributed by atoms with Gasteiger partial charge in [-0.3, -0.25) is 0 Å². The molecular formula is C23H35NO5. The molecule has 1 heterocycles. The molecule has 29 heavy (non-hydrogen) atoms. The van der Waals surface area contributed by atoms with Crippen molar-refractivity contribution < 1.29 is 23.8 Å². The van der Waals surface area contributed by atoms with E-state index in [2.05, 4.69) is 20.8 Å². The van der Waals surface area contributed by atoms with E-state index < -0.39 is 11.6 Å². The fourth-order valence-corrected chi connectivity index (χ4v) is 3.29. The van der Waals surface area contributed by atoms with Gasteiger partial charge in [-0.25, -0.2) is 9.59 Å². The number of methoxy groups -OCH3 is 1. The third-order valence-corrected chi connectivity index (χ3v) is 4.90. The molecule has 0 spiro atoms. The Morgan fingerprint density at radius 3 is 2.41 bits per heavy atom. The molecule has 0 radical (unpaired) electrons. The summed E-state index contributed by atoms with van der Waals surface area (Å²) in [5, 5.41) is 0. The van der Waals surface area contributed by atoms with Crippen LogP contribution in [0, 0.1) is 5.92 Å². The molecule has 1 unspecified atom stereocenters. The van der Waals surface area contributed by atoms with Gasteiger partial charge in [-0.2, -0.15) is 0 Å². The Kier molecular flexibility index (Phi) is 7.20. The molecule has 1 aromatic carbocycles. The van der Waals surface area contributed by atoms with Gasteiger partial charge in [-0.1, -0.05) is 26.8 Å². The maximum Gasteiger partial charge on any atom is 0.410 e. The summed E-state index contributed by atoms with van der Waals surface area (Å²) in [6, 6.07) is 5.61. The number of piperidine rings is 1. The third kappa shape index (κ3) is 6.65. The summed E-state index contributed by atoms with van der Waals surface area (Å²) in [5.74, 6) is 0.290. The summed E-state index contributed by atoms with van der Waals surface area (Å²) in [4.78, 5) is 26.3. The second-order valence-electron chi connectivity index (χ2n) is 9.70. The van der Waals surface area contributed by atoms with Gasteiger partial charge in [-0.05, 0) is 56.7 Å². The van der Waals surface area contributed by atoms with Crippen molar-refractivity contribution in [3.63, 3.8) is 0 Å². The molecule has 2 rings (SSSR count). The van der Waals surface area contributed by atoms with Crippen LogP contribution in [0.2, 0.25) is 0 Å². The summed E-state index contributed by atoms with van der Waals surface area (Å²) >= 11 is 0. The lowest BCUT2D eigenvalue weighted by Gasteiger charge is -2.34. The summed E-state index contributed by atoms with van der Waals surface area (Å²) in [6.45, 7) is 13.7. The number of amides is 1. The number of benzene rings is 1. The number of esters is 1. The fourth-order valence-electron chi connectivity index (χ4n) is 3.29. The van der Waals surface area contributed by atoms with Crippen LogP contribution >= 0.6 is 0 Å². The maximum absolute atomic E-state index is 12.4. The molecule has 1 aromatic rings. The lowest BCUT2D eigenvalue weighted by Crippen LogP contribution is -2.44. The van der Waals surface area contributed by atoms with Crippen molar-refractivity contribution >= 4 is 12.1 Å². The highest BCUT2D eigenvalue weighted by Crippen LogP contribution is 2.30. The third-order valence-electron chi connectivity index (χ3n) is 4.90. The summed E-state index contributed by atoms with van der Waals surface area (Å²) in [7, 11) is 1.36. The minimum absolute atomic E-state index is 0.0644. The molecule has 6 heteroatoms. The standard InChI is InChI=1S/C23H35NO5/c1-22(2,3)17-10-11-18(20(25)27-7)19(13-17)28-15-16-9-8-12-24(14-16)21(26)29-23(4,5)6/h10-11,13,16H,8-9,12,14-15H2,1-7H3.